The maximum absolute atomic E-state index is 10.2. The van der Waals surface area contributed by atoms with Crippen molar-refractivity contribution in [1.82, 2.24) is 0 Å². The number of rotatable bonds is 5. The molecule has 0 aromatic heterocycles. The largest absolute Gasteiger partial charge is 0.478 e. The van der Waals surface area contributed by atoms with E-state index < -0.39 is 24.1 Å². The van der Waals surface area contributed by atoms with Crippen LogP contribution in [0.25, 0.3) is 0 Å². The van der Waals surface area contributed by atoms with Crippen LogP contribution in [0.3, 0.4) is 0 Å². The van der Waals surface area contributed by atoms with Crippen LogP contribution in [0, 0.1) is 10.8 Å². The molecule has 172 valence electrons. The first-order chi connectivity index (χ1) is 14.2. The number of carbonyl (C=O) groups is 2. The quantitative estimate of drug-likeness (QED) is 0.531. The molecule has 2 atom stereocenters. The Hall–Kier alpha value is -2.70. The average molecular weight is 433 g/mol. The van der Waals surface area contributed by atoms with Crippen LogP contribution < -0.4 is 0 Å². The van der Waals surface area contributed by atoms with Gasteiger partial charge < -0.3 is 20.4 Å². The highest BCUT2D eigenvalue weighted by Crippen LogP contribution is 2.41. The van der Waals surface area contributed by atoms with Crippen LogP contribution in [0.4, 0.5) is 0 Å². The number of carboxylic acid groups (broad SMARTS) is 2. The van der Waals surface area contributed by atoms with E-state index in [0.29, 0.717) is 17.5 Å². The number of hydrogen-bond acceptors (Lipinski definition) is 4. The summed E-state index contributed by atoms with van der Waals surface area (Å²) in [5.41, 5.74) is 0.528. The van der Waals surface area contributed by atoms with E-state index in [4.69, 9.17) is 10.2 Å². The first kappa shape index (κ1) is 28.3. The van der Waals surface area contributed by atoms with E-state index >= 15 is 0 Å². The third-order valence-electron chi connectivity index (χ3n) is 5.37. The monoisotopic (exact) mass is 432 g/mol. The summed E-state index contributed by atoms with van der Waals surface area (Å²) in [4.78, 5) is 20.4. The zero-order chi connectivity index (χ0) is 24.2. The molecule has 0 saturated carbocycles. The Balaban J connectivity index is 0.000000445. The van der Waals surface area contributed by atoms with Gasteiger partial charge in [0, 0.05) is 0 Å². The Bertz CT molecular complexity index is 727. The highest BCUT2D eigenvalue weighted by Gasteiger charge is 2.39. The van der Waals surface area contributed by atoms with Gasteiger partial charge in [-0.2, -0.15) is 0 Å². The van der Waals surface area contributed by atoms with E-state index in [1.54, 1.807) is 67.6 Å². The number of carboxylic acids is 2. The Labute approximate surface area is 185 Å². The molecule has 0 bridgehead atoms. The Kier molecular flexibility index (Phi) is 11.8. The average Bonchev–Trinajstić information content (AvgIpc) is 2.69. The molecule has 2 aromatic carbocycles. The van der Waals surface area contributed by atoms with Crippen molar-refractivity contribution in [2.75, 3.05) is 0 Å². The van der Waals surface area contributed by atoms with E-state index in [0.717, 1.165) is 0 Å². The molecule has 0 spiro atoms. The predicted octanol–water partition coefficient (Wildman–Crippen LogP) is 4.96. The van der Waals surface area contributed by atoms with Gasteiger partial charge in [0.2, 0.25) is 0 Å². The van der Waals surface area contributed by atoms with Crippen molar-refractivity contribution in [2.45, 2.75) is 60.2 Å². The first-order valence-electron chi connectivity index (χ1n) is 10.1. The van der Waals surface area contributed by atoms with Crippen molar-refractivity contribution in [3.63, 3.8) is 0 Å². The van der Waals surface area contributed by atoms with Crippen molar-refractivity contribution in [3.8, 4) is 0 Å². The lowest BCUT2D eigenvalue weighted by Gasteiger charge is -2.43. The molecule has 4 N–H and O–H groups in total. The summed E-state index contributed by atoms with van der Waals surface area (Å²) in [6.07, 6.45) is -0.436. The standard InChI is InChI=1S/C11H24O2.2C7H6O2/c1-8(12)7-9(13)11(5,6)10(2,3)4;2*8-7(9)6-4-2-1-3-5-6/h8-9,12-13H,7H2,1-6H3;2*1-5H,(H,8,9). The molecule has 2 aromatic rings. The van der Waals surface area contributed by atoms with Crippen LogP contribution >= 0.6 is 0 Å². The molecule has 0 fully saturated rings. The van der Waals surface area contributed by atoms with Crippen LogP contribution in [-0.2, 0) is 0 Å². The van der Waals surface area contributed by atoms with Gasteiger partial charge in [-0.1, -0.05) is 71.0 Å². The summed E-state index contributed by atoms with van der Waals surface area (Å²) in [6, 6.07) is 16.6. The molecule has 0 aliphatic rings. The van der Waals surface area contributed by atoms with Gasteiger partial charge in [0.1, 0.15) is 0 Å². The summed E-state index contributed by atoms with van der Waals surface area (Å²) in [7, 11) is 0. The first-order valence-corrected chi connectivity index (χ1v) is 10.1. The van der Waals surface area contributed by atoms with E-state index in [1.807, 2.05) is 13.8 Å². The van der Waals surface area contributed by atoms with Crippen LogP contribution in [0.15, 0.2) is 60.7 Å². The smallest absolute Gasteiger partial charge is 0.335 e. The lowest BCUT2D eigenvalue weighted by molar-refractivity contribution is -0.0494. The minimum atomic E-state index is -0.879. The second-order valence-electron chi connectivity index (χ2n) is 8.91. The fourth-order valence-corrected chi connectivity index (χ4v) is 2.28. The zero-order valence-corrected chi connectivity index (χ0v) is 19.2. The highest BCUT2D eigenvalue weighted by atomic mass is 16.4. The summed E-state index contributed by atoms with van der Waals surface area (Å²) in [5.74, 6) is -1.76. The van der Waals surface area contributed by atoms with E-state index in [2.05, 4.69) is 20.8 Å². The van der Waals surface area contributed by atoms with Crippen LogP contribution in [0.1, 0.15) is 68.7 Å². The minimum Gasteiger partial charge on any atom is -0.478 e. The number of benzene rings is 2. The summed E-state index contributed by atoms with van der Waals surface area (Å²) >= 11 is 0. The molecule has 0 aliphatic heterocycles. The van der Waals surface area contributed by atoms with Gasteiger partial charge in [0.25, 0.3) is 0 Å². The SMILES string of the molecule is CC(O)CC(O)C(C)(C)C(C)(C)C.O=C(O)c1ccccc1.O=C(O)c1ccccc1. The molecule has 31 heavy (non-hydrogen) atoms. The molecule has 6 nitrogen and oxygen atoms in total. The lowest BCUT2D eigenvalue weighted by Crippen LogP contribution is -2.42. The van der Waals surface area contributed by atoms with Crippen molar-refractivity contribution in [2.24, 2.45) is 10.8 Å². The summed E-state index contributed by atoms with van der Waals surface area (Å²) in [6.45, 7) is 12.1. The van der Waals surface area contributed by atoms with E-state index in [-0.39, 0.29) is 10.8 Å². The fourth-order valence-electron chi connectivity index (χ4n) is 2.28. The van der Waals surface area contributed by atoms with Gasteiger partial charge in [-0.3, -0.25) is 0 Å². The number of aromatic carboxylic acids is 2. The minimum absolute atomic E-state index is 0.0430. The number of hydrogen-bond donors (Lipinski definition) is 4. The van der Waals surface area contributed by atoms with Gasteiger partial charge >= 0.3 is 11.9 Å². The van der Waals surface area contributed by atoms with Crippen LogP contribution in [-0.4, -0.2) is 44.6 Å². The number of aliphatic hydroxyl groups excluding tert-OH is 2. The molecule has 0 radical (unpaired) electrons. The molecular formula is C25H36O6. The molecule has 2 unspecified atom stereocenters. The summed E-state index contributed by atoms with van der Waals surface area (Å²) < 4.78 is 0. The molecule has 0 heterocycles. The molecular weight excluding hydrogens is 396 g/mol. The van der Waals surface area contributed by atoms with Gasteiger partial charge in [-0.05, 0) is 48.4 Å². The van der Waals surface area contributed by atoms with Crippen LogP contribution in [0.5, 0.6) is 0 Å². The van der Waals surface area contributed by atoms with Gasteiger partial charge in [-0.15, -0.1) is 0 Å². The van der Waals surface area contributed by atoms with Gasteiger partial charge in [-0.25, -0.2) is 9.59 Å². The molecule has 0 aliphatic carbocycles. The van der Waals surface area contributed by atoms with Gasteiger partial charge in [0.05, 0.1) is 23.3 Å². The Morgan fingerprint density at radius 2 is 1.06 bits per heavy atom. The second kappa shape index (κ2) is 12.9. The summed E-state index contributed by atoms with van der Waals surface area (Å²) in [5, 5.41) is 35.9. The molecule has 6 heteroatoms. The maximum Gasteiger partial charge on any atom is 0.335 e. The zero-order valence-electron chi connectivity index (χ0n) is 19.2. The predicted molar refractivity (Wildman–Crippen MR) is 122 cm³/mol. The van der Waals surface area contributed by atoms with E-state index in [1.165, 1.54) is 0 Å². The maximum atomic E-state index is 10.2. The number of aliphatic hydroxyl groups is 2. The third-order valence-corrected chi connectivity index (χ3v) is 5.37. The third kappa shape index (κ3) is 10.8. The normalized spacial score (nSPS) is 12.9. The Morgan fingerprint density at radius 1 is 0.742 bits per heavy atom. The topological polar surface area (TPSA) is 115 Å². The van der Waals surface area contributed by atoms with Crippen LogP contribution in [0.2, 0.25) is 0 Å². The van der Waals surface area contributed by atoms with Gasteiger partial charge in [0.15, 0.2) is 0 Å². The Morgan fingerprint density at radius 3 is 1.26 bits per heavy atom. The van der Waals surface area contributed by atoms with Crippen molar-refractivity contribution in [3.05, 3.63) is 71.8 Å². The molecule has 0 amide bonds. The fraction of sp³-hybridized carbons (Fsp3) is 0.440. The van der Waals surface area contributed by atoms with Crippen molar-refractivity contribution in [1.29, 1.82) is 0 Å². The van der Waals surface area contributed by atoms with Crippen molar-refractivity contribution >= 4 is 11.9 Å². The molecule has 0 saturated heterocycles. The highest BCUT2D eigenvalue weighted by molar-refractivity contribution is 5.87. The van der Waals surface area contributed by atoms with Crippen molar-refractivity contribution < 1.29 is 30.0 Å². The lowest BCUT2D eigenvalue weighted by atomic mass is 9.65. The van der Waals surface area contributed by atoms with E-state index in [9.17, 15) is 19.8 Å². The second-order valence-corrected chi connectivity index (χ2v) is 8.91. The molecule has 2 rings (SSSR count).